The molecule has 2 amide bonds. The molecule has 4 aromatic carbocycles. The number of phenolic OH excluding ortho intramolecular Hbond substituents is 2. The number of carbonyl (C=O) groups is 7. The van der Waals surface area contributed by atoms with Crippen molar-refractivity contribution in [2.24, 2.45) is 9.98 Å². The number of fused-ring (bicyclic) bond motifs is 5. The summed E-state index contributed by atoms with van der Waals surface area (Å²) in [5.41, 5.74) is 0.457. The molecule has 80 heavy (non-hydrogen) atoms. The highest BCUT2D eigenvalue weighted by molar-refractivity contribution is 7.87. The molecule has 0 saturated heterocycles. The van der Waals surface area contributed by atoms with Crippen molar-refractivity contribution in [1.82, 2.24) is 10.6 Å². The summed E-state index contributed by atoms with van der Waals surface area (Å²) in [6.07, 6.45) is 0.321. The molecule has 30 heteroatoms. The number of phenols is 2. The van der Waals surface area contributed by atoms with Gasteiger partial charge in [-0.15, -0.1) is 0 Å². The van der Waals surface area contributed by atoms with Crippen LogP contribution in [0.25, 0.3) is 0 Å². The molecule has 0 atom stereocenters. The van der Waals surface area contributed by atoms with E-state index in [9.17, 15) is 78.3 Å². The predicted molar refractivity (Wildman–Crippen MR) is 278 cm³/mol. The maximum Gasteiger partial charge on any atom is 0.471 e. The van der Waals surface area contributed by atoms with E-state index >= 15 is 0 Å². The number of hydrogen-bond donors (Lipinski definition) is 6. The van der Waals surface area contributed by atoms with Crippen molar-refractivity contribution >= 4 is 131 Å². The first kappa shape index (κ1) is 59.9. The lowest BCUT2D eigenvalue weighted by Gasteiger charge is -2.36. The third-order valence-corrected chi connectivity index (χ3v) is 16.0. The molecule has 5 aliphatic rings. The van der Waals surface area contributed by atoms with Gasteiger partial charge in [-0.2, -0.15) is 21.6 Å². The van der Waals surface area contributed by atoms with Crippen LogP contribution in [0.2, 0.25) is 20.1 Å². The van der Waals surface area contributed by atoms with Crippen LogP contribution in [0, 0.1) is 0 Å². The lowest BCUT2D eigenvalue weighted by atomic mass is 9.70. The number of alkyl halides is 3. The highest BCUT2D eigenvalue weighted by Crippen LogP contribution is 2.53. The van der Waals surface area contributed by atoms with Crippen LogP contribution in [0.1, 0.15) is 80.3 Å². The average molecular weight is 1230 g/mol. The minimum Gasteiger partial charge on any atom is -0.744 e. The van der Waals surface area contributed by atoms with Crippen molar-refractivity contribution < 1.29 is 92.7 Å². The summed E-state index contributed by atoms with van der Waals surface area (Å²) in [5, 5.41) is 42.0. The normalized spacial score (nSPS) is 16.9. The Bertz CT molecular complexity index is 3980. The first-order valence-corrected chi connectivity index (χ1v) is 26.6. The molecule has 21 nitrogen and oxygen atoms in total. The van der Waals surface area contributed by atoms with Crippen molar-refractivity contribution in [3.05, 3.63) is 149 Å². The average Bonchev–Trinajstić information content (AvgIpc) is 3.69. The number of ketones is 2. The van der Waals surface area contributed by atoms with Crippen LogP contribution in [0.4, 0.5) is 24.5 Å². The van der Waals surface area contributed by atoms with Gasteiger partial charge in [-0.1, -0.05) is 74.1 Å². The number of nitrogens with one attached hydrogen (secondary N) is 2. The van der Waals surface area contributed by atoms with Crippen LogP contribution in [0.15, 0.2) is 115 Å². The maximum absolute atomic E-state index is 12.9. The van der Waals surface area contributed by atoms with Crippen LogP contribution in [-0.2, 0) is 49.6 Å². The second-order valence-electron chi connectivity index (χ2n) is 18.4. The van der Waals surface area contributed by atoms with E-state index in [1.165, 1.54) is 36.4 Å². The van der Waals surface area contributed by atoms with Gasteiger partial charge < -0.3 is 39.8 Å². The van der Waals surface area contributed by atoms with Crippen LogP contribution in [0.3, 0.4) is 0 Å². The molecule has 418 valence electrons. The maximum atomic E-state index is 12.9. The van der Waals surface area contributed by atoms with E-state index in [4.69, 9.17) is 56.6 Å². The minimum atomic E-state index is -5.18. The van der Waals surface area contributed by atoms with E-state index in [1.54, 1.807) is 33.0 Å². The van der Waals surface area contributed by atoms with Gasteiger partial charge >= 0.3 is 40.1 Å². The molecule has 2 aliphatic carbocycles. The van der Waals surface area contributed by atoms with Gasteiger partial charge in [0, 0.05) is 46.2 Å². The van der Waals surface area contributed by atoms with Gasteiger partial charge in [0.1, 0.15) is 15.0 Å². The van der Waals surface area contributed by atoms with Gasteiger partial charge in [0.15, 0.2) is 23.1 Å². The number of benzene rings is 4. The number of nitrogens with zero attached hydrogens (tertiary/aromatic N) is 2. The molecule has 0 bridgehead atoms. The fraction of sp³-hybridized carbons (Fsp3) is 0.180. The zero-order chi connectivity index (χ0) is 59.7. The van der Waals surface area contributed by atoms with Crippen molar-refractivity contribution in [2.75, 3.05) is 13.1 Å². The molecular weight excluding hydrogens is 1190 g/mol. The standard InChI is InChI=1S/C24H18Cl2N2O8S.C18H13Cl2F3N2O3.C8H4O6S/c1-24(2)13-7-17(29)11(5-15(13)28-16-8-14(25)21(30)20(26)19(16)24)9-27-22(31)12-4-3-10(23(32)33)6-18(12)37(34,35)36;1-17(2)8-4-12(26)7(6-24-16(28)18(21,22)23)3-10(8)25-11-5-9(19)15(27)14(20)13(11)17;9-7(10)4-1-2-5-6(3-4)15(12,13)14-8(5)11/h3-8,30H,9H2,1-2H3,(H,27,31)(H,32,33)(H,34,35,36);3-5,27H,6H2,1-2H3,(H,24,28);1-3H,(H,9,10)/p-1. The number of aromatic hydroxyl groups is 2. The van der Waals surface area contributed by atoms with Gasteiger partial charge in [-0.05, 0) is 84.0 Å². The largest absolute Gasteiger partial charge is 0.744 e. The summed E-state index contributed by atoms with van der Waals surface area (Å²) < 4.78 is 98.4. The number of carbonyl (C=O) groups excluding carboxylic acids is 5. The zero-order valence-corrected chi connectivity index (χ0v) is 45.5. The Kier molecular flexibility index (Phi) is 16.0. The van der Waals surface area contributed by atoms with Crippen molar-refractivity contribution in [3.8, 4) is 11.5 Å². The summed E-state index contributed by atoms with van der Waals surface area (Å²) in [6.45, 7) is 6.19. The third-order valence-electron chi connectivity index (χ3n) is 12.6. The molecule has 6 N–H and O–H groups in total. The quantitative estimate of drug-likeness (QED) is 0.0553. The number of aliphatic imine (C=N–C) groups is 2. The SMILES string of the molecule is CC1(C)C2=CC(=O)C(CNC(=O)C(F)(F)F)=CC2=Nc2cc(Cl)c(O)c(Cl)c21.CC1(C)C2=CC(=O)C(CNC(=O)c3ccc(C(=O)O)cc3S(=O)(=O)[O-])=CC2=Nc2cc(Cl)c(O)c(Cl)c21.O=C(O)c1ccc2c(c1)S(=O)(=O)OC2=O. The Balaban J connectivity index is 0.000000188. The Morgan fingerprint density at radius 2 is 1.14 bits per heavy atom. The van der Waals surface area contributed by atoms with E-state index in [1.807, 2.05) is 0 Å². The molecular formula is C50H34Cl4F3N4O17S2-. The molecule has 0 fully saturated rings. The Morgan fingerprint density at radius 1 is 0.700 bits per heavy atom. The molecule has 4 aromatic rings. The summed E-state index contributed by atoms with van der Waals surface area (Å²) in [4.78, 5) is 89.2. The molecule has 0 unspecified atom stereocenters. The monoisotopic (exact) mass is 1220 g/mol. The van der Waals surface area contributed by atoms with E-state index in [0.717, 1.165) is 30.3 Å². The fourth-order valence-electron chi connectivity index (χ4n) is 8.59. The third kappa shape index (κ3) is 11.5. The lowest BCUT2D eigenvalue weighted by molar-refractivity contribution is -0.173. The molecule has 0 aromatic heterocycles. The minimum absolute atomic E-state index is 0.00210. The summed E-state index contributed by atoms with van der Waals surface area (Å²) in [7, 11) is -9.30. The Morgan fingerprint density at radius 3 is 1.57 bits per heavy atom. The van der Waals surface area contributed by atoms with Crippen LogP contribution in [-0.4, -0.2) is 114 Å². The van der Waals surface area contributed by atoms with E-state index in [2.05, 4.69) is 19.5 Å². The molecule has 0 spiro atoms. The number of rotatable bonds is 8. The molecule has 0 radical (unpaired) electrons. The number of carboxylic acids is 2. The topological polar surface area (TPSA) is 350 Å². The summed E-state index contributed by atoms with van der Waals surface area (Å²) in [5.74, 6) is -8.49. The summed E-state index contributed by atoms with van der Waals surface area (Å²) >= 11 is 24.6. The number of aromatic carboxylic acids is 2. The van der Waals surface area contributed by atoms with Crippen LogP contribution in [0.5, 0.6) is 11.5 Å². The first-order valence-electron chi connectivity index (χ1n) is 22.3. The molecule has 3 heterocycles. The van der Waals surface area contributed by atoms with Gasteiger partial charge in [-0.3, -0.25) is 19.2 Å². The van der Waals surface area contributed by atoms with Crippen molar-refractivity contribution in [2.45, 2.75) is 54.5 Å². The van der Waals surface area contributed by atoms with Gasteiger partial charge in [-0.25, -0.2) is 32.8 Å². The van der Waals surface area contributed by atoms with Crippen LogP contribution >= 0.6 is 46.4 Å². The molecule has 0 saturated carbocycles. The van der Waals surface area contributed by atoms with E-state index in [-0.39, 0.29) is 60.4 Å². The smallest absolute Gasteiger partial charge is 0.471 e. The predicted octanol–water partition coefficient (Wildman–Crippen LogP) is 7.95. The van der Waals surface area contributed by atoms with E-state index in [0.29, 0.717) is 51.1 Å². The first-order chi connectivity index (χ1) is 36.9. The van der Waals surface area contributed by atoms with E-state index < -0.39 is 106 Å². The molecule has 3 aliphatic heterocycles. The van der Waals surface area contributed by atoms with Crippen molar-refractivity contribution in [3.63, 3.8) is 0 Å². The number of halogens is 7. The van der Waals surface area contributed by atoms with Gasteiger partial charge in [0.2, 0.25) is 0 Å². The number of carboxylic acid groups (broad SMARTS) is 2. The van der Waals surface area contributed by atoms with Gasteiger partial charge in [0.25, 0.3) is 5.91 Å². The zero-order valence-electron chi connectivity index (χ0n) is 40.8. The van der Waals surface area contributed by atoms with Gasteiger partial charge in [0.05, 0.1) is 70.0 Å². The highest BCUT2D eigenvalue weighted by Gasteiger charge is 2.43. The Labute approximate surface area is 469 Å². The number of hydrogen-bond acceptors (Lipinski definition) is 17. The number of amides is 2. The fourth-order valence-corrected chi connectivity index (χ4v) is 11.7. The lowest BCUT2D eigenvalue weighted by Crippen LogP contribution is -2.39. The second-order valence-corrected chi connectivity index (χ2v) is 22.9. The van der Waals surface area contributed by atoms with Crippen molar-refractivity contribution in [1.29, 1.82) is 0 Å². The Hall–Kier alpha value is -7.72. The highest BCUT2D eigenvalue weighted by atomic mass is 35.5. The summed E-state index contributed by atoms with van der Waals surface area (Å²) in [6, 6.07) is 8.51. The number of allylic oxidation sites excluding steroid dienone is 6. The molecule has 9 rings (SSSR count). The van der Waals surface area contributed by atoms with Crippen LogP contribution < -0.4 is 10.6 Å². The second kappa shape index (κ2) is 21.4.